The predicted molar refractivity (Wildman–Crippen MR) is 103 cm³/mol. The zero-order chi connectivity index (χ0) is 18.7. The van der Waals surface area contributed by atoms with Gasteiger partial charge in [-0.1, -0.05) is 54.1 Å². The van der Waals surface area contributed by atoms with Crippen LogP contribution < -0.4 is 0 Å². The van der Waals surface area contributed by atoms with Gasteiger partial charge in [-0.05, 0) is 41.4 Å². The fourth-order valence-electron chi connectivity index (χ4n) is 2.58. The first kappa shape index (κ1) is 18.9. The lowest BCUT2D eigenvalue weighted by molar-refractivity contribution is -0.125. The minimum atomic E-state index is -3.76. The highest BCUT2D eigenvalue weighted by Gasteiger charge is 2.46. The van der Waals surface area contributed by atoms with E-state index in [-0.39, 0.29) is 18.7 Å². The summed E-state index contributed by atoms with van der Waals surface area (Å²) in [6.07, 6.45) is 0.261. The number of aryl methyl sites for hydroxylation is 1. The Kier molecular flexibility index (Phi) is 5.70. The van der Waals surface area contributed by atoms with Gasteiger partial charge < -0.3 is 0 Å². The summed E-state index contributed by atoms with van der Waals surface area (Å²) in [6.45, 7) is 0.0781. The van der Waals surface area contributed by atoms with Crippen LogP contribution in [0.3, 0.4) is 0 Å². The second-order valence-electron chi connectivity index (χ2n) is 5.87. The Morgan fingerprint density at radius 1 is 0.962 bits per heavy atom. The number of sulfone groups is 1. The van der Waals surface area contributed by atoms with E-state index >= 15 is 0 Å². The Bertz CT molecular complexity index is 914. The van der Waals surface area contributed by atoms with Crippen molar-refractivity contribution >= 4 is 44.3 Å². The van der Waals surface area contributed by atoms with Crippen LogP contribution in [0, 0.1) is 0 Å². The fourth-order valence-corrected chi connectivity index (χ4v) is 5.69. The van der Waals surface area contributed by atoms with Crippen molar-refractivity contribution < 1.29 is 18.0 Å². The summed E-state index contributed by atoms with van der Waals surface area (Å²) in [5, 5.41) is 0.0409. The number of nitrogens with zero attached hydrogens (tertiary/aromatic N) is 1. The largest absolute Gasteiger partial charge is 0.290 e. The molecule has 0 aliphatic carbocycles. The van der Waals surface area contributed by atoms with Gasteiger partial charge in [0.25, 0.3) is 11.1 Å². The molecule has 2 amide bonds. The summed E-state index contributed by atoms with van der Waals surface area (Å²) in [5.41, 5.74) is 1.58. The van der Waals surface area contributed by atoms with Crippen LogP contribution in [0.5, 0.6) is 0 Å². The lowest BCUT2D eigenvalue weighted by Crippen LogP contribution is -2.35. The number of rotatable bonds is 6. The van der Waals surface area contributed by atoms with Crippen LogP contribution in [-0.4, -0.2) is 34.8 Å². The van der Waals surface area contributed by atoms with Crippen LogP contribution in [0.2, 0.25) is 5.02 Å². The molecule has 1 heterocycles. The number of halogens is 1. The molecule has 0 radical (unpaired) electrons. The van der Waals surface area contributed by atoms with Gasteiger partial charge >= 0.3 is 0 Å². The summed E-state index contributed by atoms with van der Waals surface area (Å²) < 4.78 is 23.8. The van der Waals surface area contributed by atoms with E-state index in [2.05, 4.69) is 0 Å². The number of hydrogen-bond acceptors (Lipinski definition) is 5. The number of benzene rings is 2. The smallest absolute Gasteiger partial charge is 0.272 e. The van der Waals surface area contributed by atoms with Crippen molar-refractivity contribution in [2.75, 3.05) is 5.75 Å². The molecule has 2 aromatic rings. The summed E-state index contributed by atoms with van der Waals surface area (Å²) in [7, 11) is -3.76. The molecule has 0 saturated carbocycles. The summed E-state index contributed by atoms with van der Waals surface area (Å²) in [5.74, 6) is -0.871. The van der Waals surface area contributed by atoms with Crippen LogP contribution in [0.1, 0.15) is 11.1 Å². The predicted octanol–water partition coefficient (Wildman–Crippen LogP) is 3.52. The van der Waals surface area contributed by atoms with Gasteiger partial charge in [0.1, 0.15) is 0 Å². The Hall–Kier alpha value is -1.83. The molecule has 0 bridgehead atoms. The Labute approximate surface area is 161 Å². The summed E-state index contributed by atoms with van der Waals surface area (Å²) >= 11 is 6.39. The molecular formula is C18H16ClNO4S2. The molecule has 26 heavy (non-hydrogen) atoms. The van der Waals surface area contributed by atoms with Crippen LogP contribution in [-0.2, 0) is 27.6 Å². The molecule has 136 valence electrons. The van der Waals surface area contributed by atoms with Crippen molar-refractivity contribution in [3.05, 3.63) is 70.7 Å². The zero-order valence-electron chi connectivity index (χ0n) is 13.7. The summed E-state index contributed by atoms with van der Waals surface area (Å²) in [4.78, 5) is 25.7. The van der Waals surface area contributed by atoms with Crippen molar-refractivity contribution in [3.63, 3.8) is 0 Å². The van der Waals surface area contributed by atoms with Gasteiger partial charge in [-0.3, -0.25) is 14.5 Å². The average Bonchev–Trinajstić information content (AvgIpc) is 2.91. The van der Waals surface area contributed by atoms with E-state index in [0.717, 1.165) is 16.0 Å². The van der Waals surface area contributed by atoms with Gasteiger partial charge in [-0.2, -0.15) is 0 Å². The van der Waals surface area contributed by atoms with Crippen molar-refractivity contribution in [3.8, 4) is 0 Å². The summed E-state index contributed by atoms with van der Waals surface area (Å²) in [6, 6.07) is 15.9. The minimum absolute atomic E-state index is 0.0781. The third-order valence-corrected chi connectivity index (χ3v) is 7.88. The van der Waals surface area contributed by atoms with Crippen LogP contribution in [0.15, 0.2) is 54.6 Å². The van der Waals surface area contributed by atoms with Gasteiger partial charge in [0.2, 0.25) is 0 Å². The van der Waals surface area contributed by atoms with Gasteiger partial charge in [0.15, 0.2) is 14.4 Å². The second-order valence-corrected chi connectivity index (χ2v) is 9.87. The monoisotopic (exact) mass is 409 g/mol. The Morgan fingerprint density at radius 3 is 2.27 bits per heavy atom. The third kappa shape index (κ3) is 4.28. The van der Waals surface area contributed by atoms with Gasteiger partial charge in [0.05, 0.1) is 12.3 Å². The molecule has 1 aliphatic heterocycles. The maximum atomic E-state index is 12.6. The molecule has 1 fully saturated rings. The highest BCUT2D eigenvalue weighted by molar-refractivity contribution is 8.24. The number of hydrogen-bond donors (Lipinski definition) is 0. The standard InChI is InChI=1S/C18H16ClNO4S2/c19-15-8-6-13(7-9-15)10-11-26(23,24)17-16(21)20(18(22)25-17)12-14-4-2-1-3-5-14/h1-9,17H,10-12H2. The quantitative estimate of drug-likeness (QED) is 0.729. The van der Waals surface area contributed by atoms with E-state index in [0.29, 0.717) is 16.8 Å². The zero-order valence-corrected chi connectivity index (χ0v) is 16.1. The molecule has 0 aromatic heterocycles. The van der Waals surface area contributed by atoms with E-state index in [4.69, 9.17) is 11.6 Å². The molecule has 0 N–H and O–H groups in total. The van der Waals surface area contributed by atoms with Crippen LogP contribution >= 0.6 is 23.4 Å². The fraction of sp³-hybridized carbons (Fsp3) is 0.222. The Morgan fingerprint density at radius 2 is 1.62 bits per heavy atom. The first-order chi connectivity index (χ1) is 12.4. The molecule has 2 aromatic carbocycles. The van der Waals surface area contributed by atoms with Crippen molar-refractivity contribution in [1.29, 1.82) is 0 Å². The minimum Gasteiger partial charge on any atom is -0.272 e. The number of carbonyl (C=O) groups excluding carboxylic acids is 2. The highest BCUT2D eigenvalue weighted by atomic mass is 35.5. The maximum Gasteiger partial charge on any atom is 0.290 e. The first-order valence-electron chi connectivity index (χ1n) is 7.89. The molecule has 3 rings (SSSR count). The van der Waals surface area contributed by atoms with Crippen molar-refractivity contribution in [2.45, 2.75) is 17.5 Å². The van der Waals surface area contributed by atoms with Gasteiger partial charge in [0, 0.05) is 5.02 Å². The van der Waals surface area contributed by atoms with E-state index in [1.807, 2.05) is 6.07 Å². The normalized spacial score (nSPS) is 17.7. The molecule has 8 heteroatoms. The number of amides is 2. The molecule has 1 unspecified atom stereocenters. The molecule has 5 nitrogen and oxygen atoms in total. The second kappa shape index (κ2) is 7.82. The number of thioether (sulfide) groups is 1. The van der Waals surface area contributed by atoms with Crippen molar-refractivity contribution in [2.24, 2.45) is 0 Å². The van der Waals surface area contributed by atoms with Gasteiger partial charge in [-0.25, -0.2) is 8.42 Å². The number of imide groups is 1. The van der Waals surface area contributed by atoms with Crippen LogP contribution in [0.25, 0.3) is 0 Å². The average molecular weight is 410 g/mol. The molecule has 1 saturated heterocycles. The molecule has 0 spiro atoms. The maximum absolute atomic E-state index is 12.6. The third-order valence-electron chi connectivity index (χ3n) is 3.99. The molecule has 1 atom stereocenters. The first-order valence-corrected chi connectivity index (χ1v) is 10.9. The number of carbonyl (C=O) groups is 2. The molecular weight excluding hydrogens is 394 g/mol. The van der Waals surface area contributed by atoms with E-state index in [1.54, 1.807) is 48.5 Å². The van der Waals surface area contributed by atoms with Crippen LogP contribution in [0.4, 0.5) is 4.79 Å². The van der Waals surface area contributed by atoms with Crippen molar-refractivity contribution in [1.82, 2.24) is 4.90 Å². The Balaban J connectivity index is 1.69. The molecule has 1 aliphatic rings. The highest BCUT2D eigenvalue weighted by Crippen LogP contribution is 2.32. The van der Waals surface area contributed by atoms with E-state index in [1.165, 1.54) is 0 Å². The van der Waals surface area contributed by atoms with Gasteiger partial charge in [-0.15, -0.1) is 0 Å². The van der Waals surface area contributed by atoms with E-state index in [9.17, 15) is 18.0 Å². The SMILES string of the molecule is O=C1SC(S(=O)(=O)CCc2ccc(Cl)cc2)C(=O)N1Cc1ccccc1. The van der Waals surface area contributed by atoms with E-state index < -0.39 is 25.6 Å². The lowest BCUT2D eigenvalue weighted by atomic mass is 10.2. The lowest BCUT2D eigenvalue weighted by Gasteiger charge is -2.14. The topological polar surface area (TPSA) is 71.5 Å².